The minimum Gasteiger partial charge on any atom is -0.493 e. The molecule has 0 heterocycles. The smallest absolute Gasteiger partial charge is 0.161 e. The van der Waals surface area contributed by atoms with Gasteiger partial charge in [-0.05, 0) is 38.8 Å². The van der Waals surface area contributed by atoms with Gasteiger partial charge >= 0.3 is 0 Å². The molecule has 21 heavy (non-hydrogen) atoms. The summed E-state index contributed by atoms with van der Waals surface area (Å²) in [6.07, 6.45) is 6.84. The molecule has 1 fully saturated rings. The Hall–Kier alpha value is -1.22. The zero-order chi connectivity index (χ0) is 15.1. The first kappa shape index (κ1) is 16.2. The molecule has 0 spiro atoms. The van der Waals surface area contributed by atoms with E-state index >= 15 is 0 Å². The predicted octanol–water partition coefficient (Wildman–Crippen LogP) is 4.12. The van der Waals surface area contributed by atoms with Crippen molar-refractivity contribution >= 4 is 0 Å². The van der Waals surface area contributed by atoms with Gasteiger partial charge in [0.05, 0.1) is 7.11 Å². The highest BCUT2D eigenvalue weighted by molar-refractivity contribution is 5.39. The van der Waals surface area contributed by atoms with Crippen LogP contribution in [0.25, 0.3) is 0 Å². The molecule has 1 aromatic carbocycles. The molecule has 0 radical (unpaired) electrons. The Morgan fingerprint density at radius 1 is 1.10 bits per heavy atom. The average molecular weight is 291 g/mol. The van der Waals surface area contributed by atoms with Crippen LogP contribution in [0.4, 0.5) is 0 Å². The lowest BCUT2D eigenvalue weighted by Crippen LogP contribution is -2.43. The first-order chi connectivity index (χ1) is 10.2. The molecule has 0 atom stereocenters. The van der Waals surface area contributed by atoms with Crippen LogP contribution in [0.3, 0.4) is 0 Å². The summed E-state index contributed by atoms with van der Waals surface area (Å²) in [4.78, 5) is 2.61. The third-order valence-corrected chi connectivity index (χ3v) is 4.38. The number of methoxy groups -OCH3 is 1. The van der Waals surface area contributed by atoms with Gasteiger partial charge in [0.2, 0.25) is 0 Å². The minimum absolute atomic E-state index is 0.578. The highest BCUT2D eigenvalue weighted by Gasteiger charge is 2.23. The van der Waals surface area contributed by atoms with Crippen molar-refractivity contribution in [3.05, 3.63) is 24.3 Å². The van der Waals surface area contributed by atoms with Gasteiger partial charge in [-0.25, -0.2) is 0 Å². The highest BCUT2D eigenvalue weighted by Crippen LogP contribution is 2.27. The molecule has 0 N–H and O–H groups in total. The monoisotopic (exact) mass is 291 g/mol. The van der Waals surface area contributed by atoms with E-state index in [0.29, 0.717) is 6.04 Å². The lowest BCUT2D eigenvalue weighted by atomic mass is 9.93. The second kappa shape index (κ2) is 8.28. The van der Waals surface area contributed by atoms with E-state index in [1.54, 1.807) is 7.11 Å². The second-order valence-corrected chi connectivity index (χ2v) is 6.12. The van der Waals surface area contributed by atoms with Crippen LogP contribution in [0.5, 0.6) is 11.5 Å². The molecule has 0 unspecified atom stereocenters. The van der Waals surface area contributed by atoms with Gasteiger partial charge in [0, 0.05) is 18.6 Å². The lowest BCUT2D eigenvalue weighted by molar-refractivity contribution is 0.0991. The van der Waals surface area contributed by atoms with Crippen molar-refractivity contribution in [1.29, 1.82) is 0 Å². The van der Waals surface area contributed by atoms with Gasteiger partial charge in [-0.2, -0.15) is 0 Å². The van der Waals surface area contributed by atoms with Gasteiger partial charge in [-0.3, -0.25) is 4.90 Å². The summed E-state index contributed by atoms with van der Waals surface area (Å²) in [5.41, 5.74) is 0. The first-order valence-corrected chi connectivity index (χ1v) is 8.24. The largest absolute Gasteiger partial charge is 0.493 e. The van der Waals surface area contributed by atoms with Crippen LogP contribution in [-0.2, 0) is 0 Å². The molecule has 3 heteroatoms. The van der Waals surface area contributed by atoms with Crippen LogP contribution < -0.4 is 9.47 Å². The maximum Gasteiger partial charge on any atom is 0.161 e. The van der Waals surface area contributed by atoms with Gasteiger partial charge in [0.25, 0.3) is 0 Å². The van der Waals surface area contributed by atoms with E-state index < -0.39 is 0 Å². The van der Waals surface area contributed by atoms with Crippen molar-refractivity contribution in [2.45, 2.75) is 58.0 Å². The molecule has 0 saturated heterocycles. The molecule has 0 bridgehead atoms. The van der Waals surface area contributed by atoms with Crippen LogP contribution in [0, 0.1) is 0 Å². The van der Waals surface area contributed by atoms with Gasteiger partial charge in [-0.1, -0.05) is 31.4 Å². The zero-order valence-electron chi connectivity index (χ0n) is 13.7. The van der Waals surface area contributed by atoms with E-state index in [1.165, 1.54) is 32.1 Å². The van der Waals surface area contributed by atoms with E-state index in [2.05, 4.69) is 18.7 Å². The first-order valence-electron chi connectivity index (χ1n) is 8.24. The summed E-state index contributed by atoms with van der Waals surface area (Å²) in [5, 5.41) is 0. The van der Waals surface area contributed by atoms with Crippen LogP contribution in [0.2, 0.25) is 0 Å². The standard InChI is InChI=1S/C18H29NO2/c1-15(2)19(16-9-5-4-6-10-16)13-14-21-18-12-8-7-11-17(18)20-3/h7-8,11-12,15-16H,4-6,9-10,13-14H2,1-3H3. The number of ether oxygens (including phenoxy) is 2. The number of hydrogen-bond donors (Lipinski definition) is 0. The highest BCUT2D eigenvalue weighted by atomic mass is 16.5. The molecule has 0 aliphatic heterocycles. The number of nitrogens with zero attached hydrogens (tertiary/aromatic N) is 1. The SMILES string of the molecule is COc1ccccc1OCCN(C(C)C)C1CCCCC1. The Bertz CT molecular complexity index is 413. The Kier molecular flexibility index (Phi) is 6.37. The third-order valence-electron chi connectivity index (χ3n) is 4.38. The van der Waals surface area contributed by atoms with E-state index in [9.17, 15) is 0 Å². The Labute approximate surface area is 129 Å². The maximum atomic E-state index is 5.93. The second-order valence-electron chi connectivity index (χ2n) is 6.12. The normalized spacial score (nSPS) is 16.4. The van der Waals surface area contributed by atoms with E-state index in [-0.39, 0.29) is 0 Å². The predicted molar refractivity (Wildman–Crippen MR) is 87.2 cm³/mol. The quantitative estimate of drug-likeness (QED) is 0.754. The summed E-state index contributed by atoms with van der Waals surface area (Å²) in [6, 6.07) is 9.18. The zero-order valence-corrected chi connectivity index (χ0v) is 13.7. The molecule has 0 aromatic heterocycles. The van der Waals surface area contributed by atoms with Crippen LogP contribution in [0.15, 0.2) is 24.3 Å². The number of benzene rings is 1. The summed E-state index contributed by atoms with van der Waals surface area (Å²) in [5.74, 6) is 1.65. The summed E-state index contributed by atoms with van der Waals surface area (Å²) in [6.45, 7) is 6.28. The topological polar surface area (TPSA) is 21.7 Å². The van der Waals surface area contributed by atoms with E-state index in [4.69, 9.17) is 9.47 Å². The van der Waals surface area contributed by atoms with Gasteiger partial charge < -0.3 is 9.47 Å². The van der Waals surface area contributed by atoms with Gasteiger partial charge in [0.1, 0.15) is 6.61 Å². The Morgan fingerprint density at radius 3 is 2.38 bits per heavy atom. The van der Waals surface area contributed by atoms with E-state index in [1.807, 2.05) is 24.3 Å². The summed E-state index contributed by atoms with van der Waals surface area (Å²) in [7, 11) is 1.69. The molecular weight excluding hydrogens is 262 g/mol. The fourth-order valence-corrected chi connectivity index (χ4v) is 3.27. The maximum absolute atomic E-state index is 5.93. The van der Waals surface area contributed by atoms with Crippen molar-refractivity contribution < 1.29 is 9.47 Å². The minimum atomic E-state index is 0.578. The average Bonchev–Trinajstić information content (AvgIpc) is 2.52. The molecule has 0 amide bonds. The number of hydrogen-bond acceptors (Lipinski definition) is 3. The molecule has 1 saturated carbocycles. The van der Waals surface area contributed by atoms with Crippen molar-refractivity contribution in [2.24, 2.45) is 0 Å². The third kappa shape index (κ3) is 4.63. The summed E-state index contributed by atoms with van der Waals surface area (Å²) >= 11 is 0. The Balaban J connectivity index is 1.87. The van der Waals surface area contributed by atoms with Crippen molar-refractivity contribution in [2.75, 3.05) is 20.3 Å². The fourth-order valence-electron chi connectivity index (χ4n) is 3.27. The Morgan fingerprint density at radius 2 is 1.76 bits per heavy atom. The number of rotatable bonds is 7. The van der Waals surface area contributed by atoms with Crippen molar-refractivity contribution in [3.8, 4) is 11.5 Å². The molecular formula is C18H29NO2. The lowest BCUT2D eigenvalue weighted by Gasteiger charge is -2.37. The van der Waals surface area contributed by atoms with Crippen LogP contribution in [-0.4, -0.2) is 37.2 Å². The van der Waals surface area contributed by atoms with E-state index in [0.717, 1.165) is 30.7 Å². The van der Waals surface area contributed by atoms with Crippen LogP contribution in [0.1, 0.15) is 46.0 Å². The summed E-state index contributed by atoms with van der Waals surface area (Å²) < 4.78 is 11.3. The van der Waals surface area contributed by atoms with Crippen LogP contribution >= 0.6 is 0 Å². The van der Waals surface area contributed by atoms with Gasteiger partial charge in [-0.15, -0.1) is 0 Å². The molecule has 118 valence electrons. The van der Waals surface area contributed by atoms with Gasteiger partial charge in [0.15, 0.2) is 11.5 Å². The van der Waals surface area contributed by atoms with Crippen molar-refractivity contribution in [1.82, 2.24) is 4.90 Å². The van der Waals surface area contributed by atoms with Crippen molar-refractivity contribution in [3.63, 3.8) is 0 Å². The molecule has 1 aliphatic rings. The molecule has 2 rings (SSSR count). The number of para-hydroxylation sites is 2. The fraction of sp³-hybridized carbons (Fsp3) is 0.667. The molecule has 3 nitrogen and oxygen atoms in total. The molecule has 1 aliphatic carbocycles. The molecule has 1 aromatic rings.